The molecule has 0 heterocycles. The molecule has 4 amide bonds. The summed E-state index contributed by atoms with van der Waals surface area (Å²) in [5, 5.41) is 16.8. The molecule has 11 nitrogen and oxygen atoms in total. The molecule has 0 aromatic heterocycles. The normalized spacial score (nSPS) is 15.5. The van der Waals surface area contributed by atoms with Gasteiger partial charge in [-0.05, 0) is 30.8 Å². The van der Waals surface area contributed by atoms with E-state index in [1.54, 1.807) is 13.8 Å². The van der Waals surface area contributed by atoms with Gasteiger partial charge in [-0.3, -0.25) is 19.2 Å². The van der Waals surface area contributed by atoms with Crippen molar-refractivity contribution in [3.05, 3.63) is 0 Å². The molecule has 0 aromatic rings. The second kappa shape index (κ2) is 15.8. The van der Waals surface area contributed by atoms with Gasteiger partial charge in [-0.2, -0.15) is 24.4 Å². The van der Waals surface area contributed by atoms with Crippen LogP contribution in [0.2, 0.25) is 0 Å². The molecular formula is C19H35N5O6S2. The van der Waals surface area contributed by atoms with Crippen molar-refractivity contribution in [1.82, 2.24) is 16.0 Å². The van der Waals surface area contributed by atoms with Crippen LogP contribution in [0.5, 0.6) is 0 Å². The maximum atomic E-state index is 12.8. The Morgan fingerprint density at radius 2 is 1.56 bits per heavy atom. The molecule has 0 saturated heterocycles. The highest BCUT2D eigenvalue weighted by Gasteiger charge is 2.31. The van der Waals surface area contributed by atoms with E-state index in [-0.39, 0.29) is 30.9 Å². The third-order valence-corrected chi connectivity index (χ3v) is 5.88. The molecule has 0 aliphatic heterocycles. The first-order chi connectivity index (χ1) is 15.0. The summed E-state index contributed by atoms with van der Waals surface area (Å²) in [6.07, 6.45) is 2.60. The Balaban J connectivity index is 5.21. The topological polar surface area (TPSA) is 194 Å². The maximum Gasteiger partial charge on any atom is 0.326 e. The summed E-state index contributed by atoms with van der Waals surface area (Å²) < 4.78 is 0. The number of nitrogens with one attached hydrogen (secondary N) is 3. The number of primary amides is 1. The van der Waals surface area contributed by atoms with Crippen molar-refractivity contribution < 1.29 is 29.1 Å². The molecule has 5 unspecified atom stereocenters. The molecule has 0 aliphatic rings. The number of amides is 4. The summed E-state index contributed by atoms with van der Waals surface area (Å²) >= 11 is 5.55. The quantitative estimate of drug-likeness (QED) is 0.131. The van der Waals surface area contributed by atoms with Crippen LogP contribution in [0.3, 0.4) is 0 Å². The zero-order valence-corrected chi connectivity index (χ0v) is 20.3. The molecule has 0 rings (SSSR count). The second-order valence-electron chi connectivity index (χ2n) is 7.41. The van der Waals surface area contributed by atoms with Crippen LogP contribution in [-0.4, -0.2) is 76.6 Å². The number of thioether (sulfide) groups is 1. The zero-order valence-electron chi connectivity index (χ0n) is 18.6. The highest BCUT2D eigenvalue weighted by atomic mass is 32.2. The first-order valence-electron chi connectivity index (χ1n) is 10.3. The fraction of sp³-hybridized carbons (Fsp3) is 0.737. The van der Waals surface area contributed by atoms with E-state index < -0.39 is 53.8 Å². The number of hydrogen-bond donors (Lipinski definition) is 7. The largest absolute Gasteiger partial charge is 0.480 e. The molecule has 5 atom stereocenters. The summed E-state index contributed by atoms with van der Waals surface area (Å²) in [5.41, 5.74) is 10.8. The fourth-order valence-electron chi connectivity index (χ4n) is 2.62. The first-order valence-corrected chi connectivity index (χ1v) is 12.3. The average molecular weight is 494 g/mol. The van der Waals surface area contributed by atoms with Crippen molar-refractivity contribution in [2.45, 2.75) is 63.7 Å². The Kier molecular flexibility index (Phi) is 14.8. The van der Waals surface area contributed by atoms with Crippen LogP contribution in [-0.2, 0) is 24.0 Å². The number of carbonyl (C=O) groups is 5. The van der Waals surface area contributed by atoms with Crippen LogP contribution < -0.4 is 27.4 Å². The van der Waals surface area contributed by atoms with Gasteiger partial charge in [-0.1, -0.05) is 20.3 Å². The minimum Gasteiger partial charge on any atom is -0.480 e. The molecule has 13 heteroatoms. The Labute approximate surface area is 198 Å². The molecular weight excluding hydrogens is 458 g/mol. The lowest BCUT2D eigenvalue weighted by atomic mass is 9.99. The van der Waals surface area contributed by atoms with E-state index in [0.717, 1.165) is 0 Å². The smallest absolute Gasteiger partial charge is 0.326 e. The number of carboxylic acids is 1. The number of nitrogens with two attached hydrogens (primary N) is 2. The monoisotopic (exact) mass is 493 g/mol. The van der Waals surface area contributed by atoms with Crippen LogP contribution in [0.25, 0.3) is 0 Å². The lowest BCUT2D eigenvalue weighted by Crippen LogP contribution is -2.58. The van der Waals surface area contributed by atoms with Gasteiger partial charge >= 0.3 is 5.97 Å². The summed E-state index contributed by atoms with van der Waals surface area (Å²) in [6, 6.07) is -4.21. The maximum absolute atomic E-state index is 12.8. The Bertz CT molecular complexity index is 666. The van der Waals surface area contributed by atoms with E-state index in [9.17, 15) is 29.1 Å². The molecule has 0 bridgehead atoms. The van der Waals surface area contributed by atoms with Gasteiger partial charge in [-0.25, -0.2) is 4.79 Å². The summed E-state index contributed by atoms with van der Waals surface area (Å²) in [6.45, 7) is 3.50. The molecule has 0 fully saturated rings. The SMILES string of the molecule is CCC(C)C(NC(=O)C(CS)NC(=O)C(CCSC)NC(=O)C(N)CCC(N)=O)C(=O)O. The van der Waals surface area contributed by atoms with Crippen molar-refractivity contribution in [1.29, 1.82) is 0 Å². The number of hydrogen-bond acceptors (Lipinski definition) is 8. The first kappa shape index (κ1) is 30.0. The van der Waals surface area contributed by atoms with Crippen molar-refractivity contribution in [3.8, 4) is 0 Å². The molecule has 0 aromatic carbocycles. The molecule has 32 heavy (non-hydrogen) atoms. The minimum atomic E-state index is -1.17. The van der Waals surface area contributed by atoms with Crippen LogP contribution in [0.4, 0.5) is 0 Å². The van der Waals surface area contributed by atoms with E-state index in [2.05, 4.69) is 28.6 Å². The van der Waals surface area contributed by atoms with E-state index >= 15 is 0 Å². The van der Waals surface area contributed by atoms with Crippen molar-refractivity contribution in [2.24, 2.45) is 17.4 Å². The van der Waals surface area contributed by atoms with Gasteiger partial charge in [0, 0.05) is 12.2 Å². The number of rotatable bonds is 16. The highest BCUT2D eigenvalue weighted by Crippen LogP contribution is 2.09. The van der Waals surface area contributed by atoms with Crippen LogP contribution in [0.15, 0.2) is 0 Å². The van der Waals surface area contributed by atoms with E-state index in [0.29, 0.717) is 12.2 Å². The van der Waals surface area contributed by atoms with Crippen LogP contribution in [0, 0.1) is 5.92 Å². The van der Waals surface area contributed by atoms with Gasteiger partial charge in [0.15, 0.2) is 0 Å². The number of thiol groups is 1. The van der Waals surface area contributed by atoms with E-state index in [1.807, 2.05) is 6.26 Å². The summed E-state index contributed by atoms with van der Waals surface area (Å²) in [5.74, 6) is -3.55. The third-order valence-electron chi connectivity index (χ3n) is 4.87. The van der Waals surface area contributed by atoms with Gasteiger partial charge in [0.2, 0.25) is 23.6 Å². The lowest BCUT2D eigenvalue weighted by Gasteiger charge is -2.25. The molecule has 8 N–H and O–H groups in total. The van der Waals surface area contributed by atoms with Crippen molar-refractivity contribution >= 4 is 54.0 Å². The van der Waals surface area contributed by atoms with Crippen molar-refractivity contribution in [3.63, 3.8) is 0 Å². The average Bonchev–Trinajstić information content (AvgIpc) is 2.75. The van der Waals surface area contributed by atoms with E-state index in [4.69, 9.17) is 11.5 Å². The number of carbonyl (C=O) groups excluding carboxylic acids is 4. The summed E-state index contributed by atoms with van der Waals surface area (Å²) in [7, 11) is 0. The zero-order chi connectivity index (χ0) is 24.8. The molecule has 0 saturated carbocycles. The number of carboxylic acid groups (broad SMARTS) is 1. The van der Waals surface area contributed by atoms with Gasteiger partial charge in [0.05, 0.1) is 6.04 Å². The van der Waals surface area contributed by atoms with Crippen LogP contribution in [0.1, 0.15) is 39.5 Å². The van der Waals surface area contributed by atoms with Gasteiger partial charge in [0.25, 0.3) is 0 Å². The van der Waals surface area contributed by atoms with Crippen molar-refractivity contribution in [2.75, 3.05) is 17.8 Å². The van der Waals surface area contributed by atoms with Gasteiger partial charge in [-0.15, -0.1) is 0 Å². The molecule has 0 radical (unpaired) electrons. The molecule has 0 aliphatic carbocycles. The second-order valence-corrected chi connectivity index (χ2v) is 8.76. The minimum absolute atomic E-state index is 0.0336. The Morgan fingerprint density at radius 1 is 1.00 bits per heavy atom. The fourth-order valence-corrected chi connectivity index (χ4v) is 3.34. The third kappa shape index (κ3) is 11.0. The summed E-state index contributed by atoms with van der Waals surface area (Å²) in [4.78, 5) is 60.0. The number of aliphatic carboxylic acids is 1. The van der Waals surface area contributed by atoms with Gasteiger partial charge in [0.1, 0.15) is 18.1 Å². The Hall–Kier alpha value is -1.99. The predicted molar refractivity (Wildman–Crippen MR) is 126 cm³/mol. The Morgan fingerprint density at radius 3 is 2.03 bits per heavy atom. The predicted octanol–water partition coefficient (Wildman–Crippen LogP) is -1.15. The van der Waals surface area contributed by atoms with Crippen LogP contribution >= 0.6 is 24.4 Å². The van der Waals surface area contributed by atoms with E-state index in [1.165, 1.54) is 11.8 Å². The van der Waals surface area contributed by atoms with Gasteiger partial charge < -0.3 is 32.5 Å². The highest BCUT2D eigenvalue weighted by molar-refractivity contribution is 7.98. The lowest BCUT2D eigenvalue weighted by molar-refractivity contribution is -0.143. The standard InChI is InChI=1S/C19H35N5O6S2/c1-4-10(2)15(19(29)30)24-18(28)13(9-31)23-17(27)12(7-8-32-3)22-16(26)11(20)5-6-14(21)25/h10-13,15,31H,4-9,20H2,1-3H3,(H2,21,25)(H,22,26)(H,23,27)(H,24,28)(H,29,30). The molecule has 0 spiro atoms. The molecule has 184 valence electrons.